The molecule has 0 aliphatic heterocycles. The predicted molar refractivity (Wildman–Crippen MR) is 83.2 cm³/mol. The third-order valence-corrected chi connectivity index (χ3v) is 3.36. The molecule has 0 spiro atoms. The molecule has 3 heteroatoms. The van der Waals surface area contributed by atoms with Crippen LogP contribution in [0, 0.1) is 0 Å². The molecule has 1 aromatic carbocycles. The normalized spacial score (nSPS) is 11.2. The van der Waals surface area contributed by atoms with E-state index in [-0.39, 0.29) is 17.9 Å². The number of hydrogen-bond acceptors (Lipinski definition) is 2. The molecule has 0 aliphatic rings. The van der Waals surface area contributed by atoms with E-state index in [1.165, 1.54) is 5.56 Å². The van der Waals surface area contributed by atoms with Gasteiger partial charge >= 0.3 is 0 Å². The summed E-state index contributed by atoms with van der Waals surface area (Å²) in [6.07, 6.45) is 2.12. The quantitative estimate of drug-likeness (QED) is 0.795. The zero-order valence-electron chi connectivity index (χ0n) is 13.4. The fourth-order valence-electron chi connectivity index (χ4n) is 1.83. The van der Waals surface area contributed by atoms with Crippen molar-refractivity contribution in [3.8, 4) is 5.75 Å². The minimum Gasteiger partial charge on any atom is -0.484 e. The Morgan fingerprint density at radius 3 is 2.30 bits per heavy atom. The summed E-state index contributed by atoms with van der Waals surface area (Å²) in [4.78, 5) is 13.6. The van der Waals surface area contributed by atoms with Crippen molar-refractivity contribution in [1.82, 2.24) is 4.90 Å². The van der Waals surface area contributed by atoms with Crippen LogP contribution in [0.25, 0.3) is 0 Å². The lowest BCUT2D eigenvalue weighted by molar-refractivity contribution is -0.132. The van der Waals surface area contributed by atoms with E-state index >= 15 is 0 Å². The van der Waals surface area contributed by atoms with Crippen molar-refractivity contribution in [2.75, 3.05) is 20.2 Å². The highest BCUT2D eigenvalue weighted by molar-refractivity contribution is 5.77. The van der Waals surface area contributed by atoms with Gasteiger partial charge in [0.2, 0.25) is 0 Å². The molecule has 0 saturated heterocycles. The molecule has 20 heavy (non-hydrogen) atoms. The summed E-state index contributed by atoms with van der Waals surface area (Å²) in [5, 5.41) is 0. The molecule has 1 amide bonds. The molecule has 112 valence electrons. The van der Waals surface area contributed by atoms with Gasteiger partial charge in [0.15, 0.2) is 6.61 Å². The molecule has 0 fully saturated rings. The van der Waals surface area contributed by atoms with Gasteiger partial charge in [-0.2, -0.15) is 0 Å². The van der Waals surface area contributed by atoms with Crippen molar-refractivity contribution >= 4 is 5.91 Å². The van der Waals surface area contributed by atoms with E-state index in [1.54, 1.807) is 4.90 Å². The molecule has 0 saturated carbocycles. The number of benzene rings is 1. The largest absolute Gasteiger partial charge is 0.484 e. The number of nitrogens with zero attached hydrogens (tertiary/aromatic N) is 1. The van der Waals surface area contributed by atoms with Crippen LogP contribution in [0.15, 0.2) is 24.3 Å². The number of hydrogen-bond donors (Lipinski definition) is 0. The third kappa shape index (κ3) is 5.24. The zero-order chi connectivity index (χ0) is 15.2. The van der Waals surface area contributed by atoms with E-state index in [0.29, 0.717) is 0 Å². The molecule has 0 bridgehead atoms. The SMILES string of the molecule is CCCCN(C)C(=O)COc1ccc(C(C)(C)C)cc1. The summed E-state index contributed by atoms with van der Waals surface area (Å²) < 4.78 is 5.55. The molecular formula is C17H27NO2. The second kappa shape index (κ2) is 7.32. The molecule has 0 radical (unpaired) electrons. The number of amides is 1. The number of likely N-dealkylation sites (N-methyl/N-ethyl adjacent to an activating group) is 1. The third-order valence-electron chi connectivity index (χ3n) is 3.36. The molecule has 0 atom stereocenters. The Labute approximate surface area is 122 Å². The fourth-order valence-corrected chi connectivity index (χ4v) is 1.83. The van der Waals surface area contributed by atoms with E-state index in [9.17, 15) is 4.79 Å². The first-order chi connectivity index (χ1) is 9.34. The van der Waals surface area contributed by atoms with Crippen molar-refractivity contribution in [3.05, 3.63) is 29.8 Å². The minimum atomic E-state index is 0.0262. The topological polar surface area (TPSA) is 29.5 Å². The Kier molecular flexibility index (Phi) is 6.05. The van der Waals surface area contributed by atoms with Crippen molar-refractivity contribution in [1.29, 1.82) is 0 Å². The predicted octanol–water partition coefficient (Wildman–Crippen LogP) is 3.62. The lowest BCUT2D eigenvalue weighted by atomic mass is 9.87. The van der Waals surface area contributed by atoms with Gasteiger partial charge in [-0.1, -0.05) is 46.2 Å². The smallest absolute Gasteiger partial charge is 0.260 e. The average Bonchev–Trinajstić information content (AvgIpc) is 2.41. The summed E-state index contributed by atoms with van der Waals surface area (Å²) in [6.45, 7) is 9.54. The van der Waals surface area contributed by atoms with Crippen molar-refractivity contribution in [2.45, 2.75) is 46.0 Å². The Morgan fingerprint density at radius 1 is 1.20 bits per heavy atom. The van der Waals surface area contributed by atoms with Crippen LogP contribution >= 0.6 is 0 Å². The minimum absolute atomic E-state index is 0.0262. The van der Waals surface area contributed by atoms with E-state index in [4.69, 9.17) is 4.74 Å². The lowest BCUT2D eigenvalue weighted by Crippen LogP contribution is -2.32. The zero-order valence-corrected chi connectivity index (χ0v) is 13.4. The highest BCUT2D eigenvalue weighted by Crippen LogP contribution is 2.24. The Balaban J connectivity index is 2.48. The van der Waals surface area contributed by atoms with E-state index < -0.39 is 0 Å². The molecule has 0 unspecified atom stereocenters. The van der Waals surface area contributed by atoms with E-state index in [0.717, 1.165) is 25.1 Å². The Morgan fingerprint density at radius 2 is 1.80 bits per heavy atom. The van der Waals surface area contributed by atoms with Gasteiger partial charge in [0.25, 0.3) is 5.91 Å². The fraction of sp³-hybridized carbons (Fsp3) is 0.588. The van der Waals surface area contributed by atoms with Crippen LogP contribution in [0.3, 0.4) is 0 Å². The Bertz CT molecular complexity index is 418. The second-order valence-corrected chi connectivity index (χ2v) is 6.23. The van der Waals surface area contributed by atoms with Crippen molar-refractivity contribution in [2.24, 2.45) is 0 Å². The summed E-state index contributed by atoms with van der Waals surface area (Å²) in [7, 11) is 1.82. The van der Waals surface area contributed by atoms with E-state index in [1.807, 2.05) is 19.2 Å². The molecular weight excluding hydrogens is 250 g/mol. The Hall–Kier alpha value is -1.51. The molecule has 0 aromatic heterocycles. The highest BCUT2D eigenvalue weighted by Gasteiger charge is 2.13. The van der Waals surface area contributed by atoms with Crippen molar-refractivity contribution in [3.63, 3.8) is 0 Å². The summed E-state index contributed by atoms with van der Waals surface area (Å²) in [5.41, 5.74) is 1.39. The lowest BCUT2D eigenvalue weighted by Gasteiger charge is -2.20. The van der Waals surface area contributed by atoms with Crippen LogP contribution < -0.4 is 4.74 Å². The first-order valence-corrected chi connectivity index (χ1v) is 7.32. The molecule has 0 heterocycles. The molecule has 0 aliphatic carbocycles. The number of carbonyl (C=O) groups excluding carboxylic acids is 1. The highest BCUT2D eigenvalue weighted by atomic mass is 16.5. The van der Waals surface area contributed by atoms with Crippen LogP contribution in [-0.4, -0.2) is 31.0 Å². The number of rotatable bonds is 6. The summed E-state index contributed by atoms with van der Waals surface area (Å²) in [6, 6.07) is 7.97. The summed E-state index contributed by atoms with van der Waals surface area (Å²) in [5.74, 6) is 0.772. The maximum Gasteiger partial charge on any atom is 0.260 e. The standard InChI is InChI=1S/C17H27NO2/c1-6-7-12-18(5)16(19)13-20-15-10-8-14(9-11-15)17(2,3)4/h8-11H,6-7,12-13H2,1-5H3. The van der Waals surface area contributed by atoms with Crippen LogP contribution in [0.5, 0.6) is 5.75 Å². The van der Waals surface area contributed by atoms with Gasteiger partial charge in [0.1, 0.15) is 5.75 Å². The monoisotopic (exact) mass is 277 g/mol. The number of carbonyl (C=O) groups is 1. The van der Waals surface area contributed by atoms with Crippen LogP contribution in [0.4, 0.5) is 0 Å². The van der Waals surface area contributed by atoms with Crippen LogP contribution in [0.2, 0.25) is 0 Å². The van der Waals surface area contributed by atoms with Gasteiger partial charge in [-0.3, -0.25) is 4.79 Å². The number of ether oxygens (including phenoxy) is 1. The van der Waals surface area contributed by atoms with Crippen molar-refractivity contribution < 1.29 is 9.53 Å². The second-order valence-electron chi connectivity index (χ2n) is 6.23. The first-order valence-electron chi connectivity index (χ1n) is 7.32. The van der Waals surface area contributed by atoms with Gasteiger partial charge in [-0.25, -0.2) is 0 Å². The van der Waals surface area contributed by atoms with Gasteiger partial charge in [0, 0.05) is 13.6 Å². The molecule has 3 nitrogen and oxygen atoms in total. The van der Waals surface area contributed by atoms with Crippen LogP contribution in [-0.2, 0) is 10.2 Å². The van der Waals surface area contributed by atoms with Crippen LogP contribution in [0.1, 0.15) is 46.1 Å². The molecule has 1 aromatic rings. The van der Waals surface area contributed by atoms with Gasteiger partial charge in [-0.15, -0.1) is 0 Å². The number of unbranched alkanes of at least 4 members (excludes halogenated alkanes) is 1. The van der Waals surface area contributed by atoms with Gasteiger partial charge in [0.05, 0.1) is 0 Å². The maximum atomic E-state index is 11.8. The molecule has 1 rings (SSSR count). The maximum absolute atomic E-state index is 11.8. The molecule has 0 N–H and O–H groups in total. The summed E-state index contributed by atoms with van der Waals surface area (Å²) >= 11 is 0. The first kappa shape index (κ1) is 16.5. The average molecular weight is 277 g/mol. The van der Waals surface area contributed by atoms with Gasteiger partial charge in [-0.05, 0) is 29.5 Å². The van der Waals surface area contributed by atoms with E-state index in [2.05, 4.69) is 39.8 Å². The van der Waals surface area contributed by atoms with Gasteiger partial charge < -0.3 is 9.64 Å².